The highest BCUT2D eigenvalue weighted by Crippen LogP contribution is 2.23. The molecule has 0 saturated heterocycles. The molecule has 0 saturated carbocycles. The summed E-state index contributed by atoms with van der Waals surface area (Å²) < 4.78 is 4.81. The summed E-state index contributed by atoms with van der Waals surface area (Å²) in [4.78, 5) is 10.9. The van der Waals surface area contributed by atoms with E-state index >= 15 is 0 Å². The van der Waals surface area contributed by atoms with Crippen LogP contribution >= 0.6 is 0 Å². The Kier molecular flexibility index (Phi) is 4.61. The molecule has 0 aliphatic heterocycles. The van der Waals surface area contributed by atoms with Gasteiger partial charge in [-0.3, -0.25) is 0 Å². The average Bonchev–Trinajstić information content (AvgIpc) is 2.53. The topological polar surface area (TPSA) is 58.6 Å². The first kappa shape index (κ1) is 14.7. The Hall–Kier alpha value is -2.75. The van der Waals surface area contributed by atoms with E-state index in [2.05, 4.69) is 11.4 Å². The molecule has 2 aromatic carbocycles. The van der Waals surface area contributed by atoms with Gasteiger partial charge < -0.3 is 15.2 Å². The van der Waals surface area contributed by atoms with Crippen molar-refractivity contribution in [2.45, 2.75) is 0 Å². The van der Waals surface area contributed by atoms with Crippen LogP contribution in [0.3, 0.4) is 0 Å². The zero-order valence-corrected chi connectivity index (χ0v) is 12.0. The van der Waals surface area contributed by atoms with Gasteiger partial charge in [0, 0.05) is 12.7 Å². The van der Waals surface area contributed by atoms with E-state index in [0.29, 0.717) is 0 Å². The standard InChI is InChI=1S/C17H17NO3/c1-18-15-5-3-4-14(11-15)13-8-6-12(7-9-13)10-16(21-2)17(19)20/h3-11,18H,1-2H3,(H,19,20)/b16-10+. The van der Waals surface area contributed by atoms with Gasteiger partial charge in [0.05, 0.1) is 7.11 Å². The fourth-order valence-corrected chi connectivity index (χ4v) is 1.99. The van der Waals surface area contributed by atoms with Crippen LogP contribution in [0.1, 0.15) is 5.56 Å². The molecule has 0 spiro atoms. The predicted octanol–water partition coefficient (Wildman–Crippen LogP) is 3.47. The third kappa shape index (κ3) is 3.63. The first-order chi connectivity index (χ1) is 10.1. The molecule has 4 heteroatoms. The minimum absolute atomic E-state index is 0.0834. The van der Waals surface area contributed by atoms with Crippen LogP contribution in [-0.2, 0) is 9.53 Å². The minimum atomic E-state index is -1.08. The second kappa shape index (κ2) is 6.61. The van der Waals surface area contributed by atoms with Crippen LogP contribution in [0.25, 0.3) is 17.2 Å². The van der Waals surface area contributed by atoms with Crippen molar-refractivity contribution in [3.63, 3.8) is 0 Å². The Bertz CT molecular complexity index is 660. The van der Waals surface area contributed by atoms with Gasteiger partial charge in [0.1, 0.15) is 0 Å². The maximum absolute atomic E-state index is 10.9. The van der Waals surface area contributed by atoms with Gasteiger partial charge >= 0.3 is 5.97 Å². The van der Waals surface area contributed by atoms with Crippen LogP contribution in [0.5, 0.6) is 0 Å². The van der Waals surface area contributed by atoms with Crippen LogP contribution < -0.4 is 5.32 Å². The van der Waals surface area contributed by atoms with E-state index in [1.165, 1.54) is 13.2 Å². The summed E-state index contributed by atoms with van der Waals surface area (Å²) >= 11 is 0. The Labute approximate surface area is 123 Å². The van der Waals surface area contributed by atoms with E-state index in [1.807, 2.05) is 49.5 Å². The summed E-state index contributed by atoms with van der Waals surface area (Å²) in [6.45, 7) is 0. The van der Waals surface area contributed by atoms with Crippen molar-refractivity contribution in [1.29, 1.82) is 0 Å². The monoisotopic (exact) mass is 283 g/mol. The molecule has 0 aromatic heterocycles. The molecule has 0 bridgehead atoms. The van der Waals surface area contributed by atoms with Gasteiger partial charge in [0.2, 0.25) is 5.76 Å². The van der Waals surface area contributed by atoms with Crippen molar-refractivity contribution in [1.82, 2.24) is 0 Å². The molecular weight excluding hydrogens is 266 g/mol. The molecule has 0 unspecified atom stereocenters. The van der Waals surface area contributed by atoms with Crippen molar-refractivity contribution in [2.24, 2.45) is 0 Å². The molecule has 108 valence electrons. The van der Waals surface area contributed by atoms with E-state index in [0.717, 1.165) is 22.4 Å². The highest BCUT2D eigenvalue weighted by atomic mass is 16.5. The van der Waals surface area contributed by atoms with E-state index in [9.17, 15) is 4.79 Å². The highest BCUT2D eigenvalue weighted by molar-refractivity contribution is 5.89. The number of hydrogen-bond donors (Lipinski definition) is 2. The summed E-state index contributed by atoms with van der Waals surface area (Å²) in [6, 6.07) is 15.7. The van der Waals surface area contributed by atoms with E-state index in [1.54, 1.807) is 0 Å². The lowest BCUT2D eigenvalue weighted by atomic mass is 10.0. The molecule has 0 radical (unpaired) electrons. The summed E-state index contributed by atoms with van der Waals surface area (Å²) in [5.41, 5.74) is 3.99. The van der Waals surface area contributed by atoms with Gasteiger partial charge in [0.15, 0.2) is 0 Å². The lowest BCUT2D eigenvalue weighted by molar-refractivity contribution is -0.135. The van der Waals surface area contributed by atoms with E-state index in [4.69, 9.17) is 9.84 Å². The zero-order chi connectivity index (χ0) is 15.2. The third-order valence-electron chi connectivity index (χ3n) is 3.12. The molecule has 0 heterocycles. The summed E-state index contributed by atoms with van der Waals surface area (Å²) in [7, 11) is 3.22. The van der Waals surface area contributed by atoms with Gasteiger partial charge in [-0.05, 0) is 34.9 Å². The molecule has 0 aliphatic carbocycles. The van der Waals surface area contributed by atoms with Crippen LogP contribution in [-0.4, -0.2) is 25.2 Å². The minimum Gasteiger partial charge on any atom is -0.490 e. The number of carbonyl (C=O) groups is 1. The van der Waals surface area contributed by atoms with Crippen LogP contribution in [0, 0.1) is 0 Å². The molecular formula is C17H17NO3. The Morgan fingerprint density at radius 2 is 1.86 bits per heavy atom. The lowest BCUT2D eigenvalue weighted by Gasteiger charge is -2.06. The Balaban J connectivity index is 2.28. The third-order valence-corrected chi connectivity index (χ3v) is 3.12. The molecule has 2 N–H and O–H groups in total. The predicted molar refractivity (Wildman–Crippen MR) is 84.0 cm³/mol. The van der Waals surface area contributed by atoms with Gasteiger partial charge in [-0.1, -0.05) is 36.4 Å². The number of carboxylic acid groups (broad SMARTS) is 1. The first-order valence-corrected chi connectivity index (χ1v) is 6.51. The summed E-state index contributed by atoms with van der Waals surface area (Å²) in [6.07, 6.45) is 1.50. The number of nitrogens with one attached hydrogen (secondary N) is 1. The maximum Gasteiger partial charge on any atom is 0.371 e. The SMILES string of the molecule is CNc1cccc(-c2ccc(/C=C(/OC)C(=O)O)cc2)c1. The number of benzene rings is 2. The summed E-state index contributed by atoms with van der Waals surface area (Å²) in [5.74, 6) is -1.16. The van der Waals surface area contributed by atoms with Gasteiger partial charge in [0.25, 0.3) is 0 Å². The lowest BCUT2D eigenvalue weighted by Crippen LogP contribution is -2.01. The second-order valence-electron chi connectivity index (χ2n) is 4.47. The van der Waals surface area contributed by atoms with Crippen molar-refractivity contribution >= 4 is 17.7 Å². The van der Waals surface area contributed by atoms with Crippen LogP contribution in [0.15, 0.2) is 54.3 Å². The number of methoxy groups -OCH3 is 1. The van der Waals surface area contributed by atoms with E-state index in [-0.39, 0.29) is 5.76 Å². The number of rotatable bonds is 5. The van der Waals surface area contributed by atoms with Gasteiger partial charge in [-0.25, -0.2) is 4.79 Å². The van der Waals surface area contributed by atoms with Gasteiger partial charge in [-0.2, -0.15) is 0 Å². The second-order valence-corrected chi connectivity index (χ2v) is 4.47. The number of ether oxygens (including phenoxy) is 1. The number of anilines is 1. The van der Waals surface area contributed by atoms with Crippen LogP contribution in [0.2, 0.25) is 0 Å². The number of carboxylic acids is 1. The molecule has 0 amide bonds. The van der Waals surface area contributed by atoms with Crippen molar-refractivity contribution in [3.05, 3.63) is 59.9 Å². The maximum atomic E-state index is 10.9. The smallest absolute Gasteiger partial charge is 0.371 e. The number of aliphatic carboxylic acids is 1. The normalized spacial score (nSPS) is 11.0. The van der Waals surface area contributed by atoms with Crippen molar-refractivity contribution < 1.29 is 14.6 Å². The molecule has 21 heavy (non-hydrogen) atoms. The summed E-state index contributed by atoms with van der Waals surface area (Å²) in [5, 5.41) is 12.0. The molecule has 4 nitrogen and oxygen atoms in total. The quantitative estimate of drug-likeness (QED) is 0.651. The fourth-order valence-electron chi connectivity index (χ4n) is 1.99. The molecule has 0 atom stereocenters. The number of hydrogen-bond acceptors (Lipinski definition) is 3. The first-order valence-electron chi connectivity index (χ1n) is 6.51. The largest absolute Gasteiger partial charge is 0.490 e. The van der Waals surface area contributed by atoms with E-state index < -0.39 is 5.97 Å². The molecule has 2 rings (SSSR count). The Morgan fingerprint density at radius 3 is 2.43 bits per heavy atom. The zero-order valence-electron chi connectivity index (χ0n) is 12.0. The molecule has 0 fully saturated rings. The fraction of sp³-hybridized carbons (Fsp3) is 0.118. The Morgan fingerprint density at radius 1 is 1.14 bits per heavy atom. The van der Waals surface area contributed by atoms with Gasteiger partial charge in [-0.15, -0.1) is 0 Å². The van der Waals surface area contributed by atoms with Crippen LogP contribution in [0.4, 0.5) is 5.69 Å². The molecule has 0 aliphatic rings. The average molecular weight is 283 g/mol. The van der Waals surface area contributed by atoms with Crippen molar-refractivity contribution in [3.8, 4) is 11.1 Å². The van der Waals surface area contributed by atoms with Crippen molar-refractivity contribution in [2.75, 3.05) is 19.5 Å². The molecule has 2 aromatic rings. The highest BCUT2D eigenvalue weighted by Gasteiger charge is 2.06.